The van der Waals surface area contributed by atoms with Gasteiger partial charge in [0.15, 0.2) is 0 Å². The van der Waals surface area contributed by atoms with E-state index in [4.69, 9.17) is 4.74 Å². The summed E-state index contributed by atoms with van der Waals surface area (Å²) in [6.45, 7) is 2.09. The molecule has 1 aromatic heterocycles. The lowest BCUT2D eigenvalue weighted by molar-refractivity contribution is -0.385. The van der Waals surface area contributed by atoms with Crippen molar-refractivity contribution in [3.63, 3.8) is 0 Å². The summed E-state index contributed by atoms with van der Waals surface area (Å²) in [4.78, 5) is 39.8. The Morgan fingerprint density at radius 2 is 2.07 bits per heavy atom. The molecule has 0 bridgehead atoms. The predicted octanol–water partition coefficient (Wildman–Crippen LogP) is 1.82. The summed E-state index contributed by atoms with van der Waals surface area (Å²) in [7, 11) is 0. The molecule has 2 aromatic rings. The van der Waals surface area contributed by atoms with Gasteiger partial charge in [0.2, 0.25) is 17.7 Å². The van der Waals surface area contributed by atoms with Crippen molar-refractivity contribution in [3.05, 3.63) is 68.5 Å². The Morgan fingerprint density at radius 1 is 1.32 bits per heavy atom. The number of hydrogen-bond donors (Lipinski definition) is 3. The van der Waals surface area contributed by atoms with Gasteiger partial charge in [-0.3, -0.25) is 30.0 Å². The van der Waals surface area contributed by atoms with Gasteiger partial charge in [-0.2, -0.15) is 4.98 Å². The summed E-state index contributed by atoms with van der Waals surface area (Å²) >= 11 is 0. The Hall–Kier alpha value is -3.53. The normalized spacial score (nSPS) is 17.6. The number of carbonyl (C=O) groups is 1. The molecule has 0 fully saturated rings. The molecule has 3 N–H and O–H groups in total. The zero-order valence-corrected chi connectivity index (χ0v) is 15.0. The van der Waals surface area contributed by atoms with E-state index in [1.807, 2.05) is 36.4 Å². The fourth-order valence-corrected chi connectivity index (χ4v) is 2.70. The number of hydrogen-bond acceptors (Lipinski definition) is 7. The highest BCUT2D eigenvalue weighted by atomic mass is 16.6. The molecule has 0 radical (unpaired) electrons. The first-order valence-corrected chi connectivity index (χ1v) is 8.57. The molecule has 10 heteroatoms. The Morgan fingerprint density at radius 3 is 2.68 bits per heavy atom. The summed E-state index contributed by atoms with van der Waals surface area (Å²) in [6, 6.07) is 9.41. The molecule has 0 saturated heterocycles. The van der Waals surface area contributed by atoms with Gasteiger partial charge in [-0.1, -0.05) is 42.5 Å². The fourth-order valence-electron chi connectivity index (χ4n) is 2.70. The van der Waals surface area contributed by atoms with E-state index in [-0.39, 0.29) is 23.7 Å². The first-order chi connectivity index (χ1) is 13.4. The molecule has 1 aliphatic carbocycles. The van der Waals surface area contributed by atoms with Gasteiger partial charge < -0.3 is 10.1 Å². The van der Waals surface area contributed by atoms with E-state index < -0.39 is 22.1 Å². The molecule has 0 spiro atoms. The van der Waals surface area contributed by atoms with E-state index in [2.05, 4.69) is 20.6 Å². The average Bonchev–Trinajstić information content (AvgIpc) is 2.62. The van der Waals surface area contributed by atoms with Gasteiger partial charge in [0.25, 0.3) is 0 Å². The van der Waals surface area contributed by atoms with Gasteiger partial charge in [-0.05, 0) is 5.56 Å². The number of rotatable bonds is 8. The smallest absolute Gasteiger partial charge is 0.375 e. The lowest BCUT2D eigenvalue weighted by Gasteiger charge is -2.30. The number of nitro groups is 1. The molecule has 10 nitrogen and oxygen atoms in total. The van der Waals surface area contributed by atoms with Crippen LogP contribution in [0.25, 0.3) is 0 Å². The molecule has 146 valence electrons. The highest BCUT2D eigenvalue weighted by molar-refractivity contribution is 5.87. The number of aromatic amines is 1. The molecular formula is C18H19N5O5. The molecule has 3 rings (SSSR count). The van der Waals surface area contributed by atoms with Crippen LogP contribution in [-0.4, -0.2) is 33.4 Å². The fraction of sp³-hybridized carbons (Fsp3) is 0.278. The van der Waals surface area contributed by atoms with Crippen LogP contribution in [0.3, 0.4) is 0 Å². The van der Waals surface area contributed by atoms with Crippen molar-refractivity contribution in [1.29, 1.82) is 0 Å². The van der Waals surface area contributed by atoms with Gasteiger partial charge >= 0.3 is 11.2 Å². The summed E-state index contributed by atoms with van der Waals surface area (Å²) in [5.74, 6) is -0.863. The van der Waals surface area contributed by atoms with Crippen molar-refractivity contribution >= 4 is 23.4 Å². The minimum atomic E-state index is -0.952. The number of H-pyrrole nitrogens is 1. The van der Waals surface area contributed by atoms with Gasteiger partial charge in [-0.25, -0.2) is 0 Å². The third-order valence-corrected chi connectivity index (χ3v) is 4.12. The zero-order valence-electron chi connectivity index (χ0n) is 15.0. The number of nitrogens with zero attached hydrogens (tertiary/aromatic N) is 2. The topological polar surface area (TPSA) is 139 Å². The first-order valence-electron chi connectivity index (χ1n) is 8.57. The van der Waals surface area contributed by atoms with Crippen LogP contribution in [0.5, 0.6) is 0 Å². The lowest BCUT2D eigenvalue weighted by atomic mass is 9.89. The number of anilines is 2. The van der Waals surface area contributed by atoms with Crippen molar-refractivity contribution in [2.75, 3.05) is 17.2 Å². The van der Waals surface area contributed by atoms with E-state index in [9.17, 15) is 19.7 Å². The Balaban J connectivity index is 1.67. The average molecular weight is 385 g/mol. The molecule has 1 heterocycles. The van der Waals surface area contributed by atoms with Crippen molar-refractivity contribution < 1.29 is 14.5 Å². The summed E-state index contributed by atoms with van der Waals surface area (Å²) in [5, 5.41) is 16.5. The van der Waals surface area contributed by atoms with Crippen LogP contribution in [0.4, 0.5) is 17.5 Å². The number of amides is 1. The lowest BCUT2D eigenvalue weighted by Crippen LogP contribution is -2.36. The minimum absolute atomic E-state index is 0.0337. The molecular weight excluding hydrogens is 366 g/mol. The highest BCUT2D eigenvalue weighted by Gasteiger charge is 2.30. The first kappa shape index (κ1) is 19.2. The minimum Gasteiger partial charge on any atom is -0.376 e. The third kappa shape index (κ3) is 4.60. The Kier molecular flexibility index (Phi) is 5.80. The largest absolute Gasteiger partial charge is 0.376 e. The van der Waals surface area contributed by atoms with Crippen LogP contribution in [-0.2, 0) is 16.1 Å². The third-order valence-electron chi connectivity index (χ3n) is 4.12. The van der Waals surface area contributed by atoms with E-state index in [0.717, 1.165) is 5.56 Å². The van der Waals surface area contributed by atoms with Crippen molar-refractivity contribution in [2.45, 2.75) is 19.6 Å². The van der Waals surface area contributed by atoms with Gasteiger partial charge in [0, 0.05) is 12.8 Å². The monoisotopic (exact) mass is 385 g/mol. The maximum absolute atomic E-state index is 12.0. The van der Waals surface area contributed by atoms with Crippen LogP contribution in [0.2, 0.25) is 0 Å². The Bertz CT molecular complexity index is 957. The van der Waals surface area contributed by atoms with E-state index in [1.54, 1.807) is 6.08 Å². The maximum Gasteiger partial charge on any atom is 0.375 e. The van der Waals surface area contributed by atoms with Gasteiger partial charge in [0.1, 0.15) is 0 Å². The summed E-state index contributed by atoms with van der Waals surface area (Å²) < 4.78 is 5.70. The number of nitrogens with one attached hydrogen (secondary N) is 3. The summed E-state index contributed by atoms with van der Waals surface area (Å²) in [5.41, 5.74) is -0.619. The van der Waals surface area contributed by atoms with Crippen LogP contribution in [0, 0.1) is 16.0 Å². The number of ether oxygens (including phenoxy) is 1. The predicted molar refractivity (Wildman–Crippen MR) is 102 cm³/mol. The van der Waals surface area contributed by atoms with Crippen LogP contribution in [0.1, 0.15) is 12.5 Å². The number of benzene rings is 1. The van der Waals surface area contributed by atoms with Crippen LogP contribution >= 0.6 is 0 Å². The van der Waals surface area contributed by atoms with E-state index in [0.29, 0.717) is 13.2 Å². The number of carbonyl (C=O) groups excluding carboxylic acids is 1. The van der Waals surface area contributed by atoms with Crippen molar-refractivity contribution in [3.8, 4) is 0 Å². The van der Waals surface area contributed by atoms with Gasteiger partial charge in [0.05, 0.1) is 24.2 Å². The van der Waals surface area contributed by atoms with Crippen LogP contribution in [0.15, 0.2) is 47.3 Å². The SMILES string of the molecule is CC(=O)Nc1nc(N[C@H]2C=C[C@H]2COCc2ccccc2)c([N+](=O)[O-])c(=O)[nH]1. The van der Waals surface area contributed by atoms with E-state index >= 15 is 0 Å². The second-order valence-electron chi connectivity index (χ2n) is 6.27. The van der Waals surface area contributed by atoms with Crippen molar-refractivity contribution in [2.24, 2.45) is 5.92 Å². The van der Waals surface area contributed by atoms with Crippen molar-refractivity contribution in [1.82, 2.24) is 9.97 Å². The van der Waals surface area contributed by atoms with Gasteiger partial charge in [-0.15, -0.1) is 0 Å². The molecule has 1 aliphatic rings. The molecule has 1 aromatic carbocycles. The Labute approximate surface area is 159 Å². The molecule has 0 unspecified atom stereocenters. The summed E-state index contributed by atoms with van der Waals surface area (Å²) in [6.07, 6.45) is 3.72. The molecule has 2 atom stereocenters. The quantitative estimate of drug-likeness (QED) is 0.358. The second-order valence-corrected chi connectivity index (χ2v) is 6.27. The molecule has 28 heavy (non-hydrogen) atoms. The molecule has 0 saturated carbocycles. The number of aromatic nitrogens is 2. The standard InChI is InChI=1S/C18H19N5O5/c1-11(24)19-18-21-16(15(23(26)27)17(25)22-18)20-14-8-7-13(14)10-28-9-12-5-3-2-4-6-12/h2-8,13-14H,9-10H2,1H3,(H3,19,20,21,22,24,25)/t13-,14-/m0/s1. The molecule has 0 aliphatic heterocycles. The highest BCUT2D eigenvalue weighted by Crippen LogP contribution is 2.26. The van der Waals surface area contributed by atoms with E-state index in [1.165, 1.54) is 6.92 Å². The zero-order chi connectivity index (χ0) is 20.1. The maximum atomic E-state index is 12.0. The second kappa shape index (κ2) is 8.44. The van der Waals surface area contributed by atoms with Crippen LogP contribution < -0.4 is 16.2 Å². The molecule has 1 amide bonds.